The zero-order chi connectivity index (χ0) is 15.4. The molecule has 2 aromatic rings. The smallest absolute Gasteiger partial charge is 0.307 e. The summed E-state index contributed by atoms with van der Waals surface area (Å²) in [7, 11) is 1.69. The number of carbonyl (C=O) groups is 2. The van der Waals surface area contributed by atoms with Crippen LogP contribution in [0.2, 0.25) is 0 Å². The third-order valence-corrected chi connectivity index (χ3v) is 3.15. The van der Waals surface area contributed by atoms with E-state index < -0.39 is 11.9 Å². The molecule has 0 fully saturated rings. The van der Waals surface area contributed by atoms with Crippen molar-refractivity contribution in [1.29, 1.82) is 0 Å². The zero-order valence-corrected chi connectivity index (χ0v) is 13.1. The Bertz CT molecular complexity index is 683. The number of carbonyl (C=O) groups excluding carboxylic acids is 2. The van der Waals surface area contributed by atoms with Crippen LogP contribution in [-0.2, 0) is 7.05 Å². The number of amides is 3. The Kier molecular flexibility index (Phi) is 4.59. The van der Waals surface area contributed by atoms with Gasteiger partial charge in [0.05, 0.1) is 4.47 Å². The molecule has 21 heavy (non-hydrogen) atoms. The molecule has 0 atom stereocenters. The standard InChI is InChI=1S/C13H14BrN5O2/c1-8-4-3-5-9(6-8)15-13(21)17-16-12(20)11-10(14)7-19(2)18-11/h3-7H,1-2H3,(H,16,20)(H2,15,17,21). The predicted octanol–water partition coefficient (Wildman–Crippen LogP) is 1.96. The van der Waals surface area contributed by atoms with E-state index in [1.165, 1.54) is 4.68 Å². The van der Waals surface area contributed by atoms with Crippen LogP contribution in [0.3, 0.4) is 0 Å². The molecule has 2 rings (SSSR count). The number of hydrogen-bond donors (Lipinski definition) is 3. The molecule has 0 bridgehead atoms. The Morgan fingerprint density at radius 1 is 1.29 bits per heavy atom. The number of nitrogens with zero attached hydrogens (tertiary/aromatic N) is 2. The number of urea groups is 1. The molecule has 1 aromatic heterocycles. The molecule has 0 radical (unpaired) electrons. The molecule has 0 aliphatic rings. The van der Waals surface area contributed by atoms with Gasteiger partial charge < -0.3 is 5.32 Å². The molecule has 0 aliphatic heterocycles. The van der Waals surface area contributed by atoms with E-state index in [2.05, 4.69) is 37.2 Å². The van der Waals surface area contributed by atoms with Gasteiger partial charge in [0.15, 0.2) is 5.69 Å². The van der Waals surface area contributed by atoms with Gasteiger partial charge in [-0.2, -0.15) is 5.10 Å². The summed E-state index contributed by atoms with van der Waals surface area (Å²) in [6, 6.07) is 6.78. The summed E-state index contributed by atoms with van der Waals surface area (Å²) in [5, 5.41) is 6.58. The second kappa shape index (κ2) is 6.40. The lowest BCUT2D eigenvalue weighted by atomic mass is 10.2. The number of aromatic nitrogens is 2. The molecule has 3 amide bonds. The first-order valence-corrected chi connectivity index (χ1v) is 6.88. The average molecular weight is 352 g/mol. The van der Waals surface area contributed by atoms with Crippen molar-refractivity contribution in [2.24, 2.45) is 7.05 Å². The van der Waals surface area contributed by atoms with Crippen molar-refractivity contribution in [3.8, 4) is 0 Å². The summed E-state index contributed by atoms with van der Waals surface area (Å²) in [5.74, 6) is -0.512. The Balaban J connectivity index is 1.89. The first kappa shape index (κ1) is 15.0. The minimum absolute atomic E-state index is 0.188. The minimum Gasteiger partial charge on any atom is -0.307 e. The van der Waals surface area contributed by atoms with Gasteiger partial charge in [-0.15, -0.1) is 0 Å². The monoisotopic (exact) mass is 351 g/mol. The summed E-state index contributed by atoms with van der Waals surface area (Å²) in [4.78, 5) is 23.5. The highest BCUT2D eigenvalue weighted by molar-refractivity contribution is 9.10. The van der Waals surface area contributed by atoms with Crippen molar-refractivity contribution in [2.75, 3.05) is 5.32 Å². The SMILES string of the molecule is Cc1cccc(NC(=O)NNC(=O)c2nn(C)cc2Br)c1. The molecule has 8 heteroatoms. The summed E-state index contributed by atoms with van der Waals surface area (Å²) >= 11 is 3.21. The van der Waals surface area contributed by atoms with Crippen molar-refractivity contribution >= 4 is 33.6 Å². The predicted molar refractivity (Wildman–Crippen MR) is 81.7 cm³/mol. The van der Waals surface area contributed by atoms with Gasteiger partial charge in [0.1, 0.15) is 0 Å². The zero-order valence-electron chi connectivity index (χ0n) is 11.5. The Morgan fingerprint density at radius 2 is 2.05 bits per heavy atom. The maximum absolute atomic E-state index is 11.8. The second-order valence-electron chi connectivity index (χ2n) is 4.40. The fourth-order valence-electron chi connectivity index (χ4n) is 1.67. The van der Waals surface area contributed by atoms with Crippen LogP contribution >= 0.6 is 15.9 Å². The van der Waals surface area contributed by atoms with Crippen LogP contribution in [0.1, 0.15) is 16.1 Å². The fraction of sp³-hybridized carbons (Fsp3) is 0.154. The highest BCUT2D eigenvalue weighted by Gasteiger charge is 2.14. The second-order valence-corrected chi connectivity index (χ2v) is 5.26. The third kappa shape index (κ3) is 4.06. The number of hydrazine groups is 1. The normalized spacial score (nSPS) is 10.0. The molecule has 0 aliphatic carbocycles. The van der Waals surface area contributed by atoms with Gasteiger partial charge >= 0.3 is 6.03 Å². The number of benzene rings is 1. The minimum atomic E-state index is -0.541. The molecule has 0 unspecified atom stereocenters. The van der Waals surface area contributed by atoms with Crippen LogP contribution < -0.4 is 16.2 Å². The molecule has 0 spiro atoms. The number of halogens is 1. The molecule has 3 N–H and O–H groups in total. The number of nitrogens with one attached hydrogen (secondary N) is 3. The number of hydrogen-bond acceptors (Lipinski definition) is 3. The summed E-state index contributed by atoms with van der Waals surface area (Å²) in [6.07, 6.45) is 1.64. The number of rotatable bonds is 2. The summed E-state index contributed by atoms with van der Waals surface area (Å²) in [5.41, 5.74) is 6.40. The van der Waals surface area contributed by atoms with E-state index >= 15 is 0 Å². The van der Waals surface area contributed by atoms with Gasteiger partial charge in [-0.3, -0.25) is 14.9 Å². The van der Waals surface area contributed by atoms with Crippen LogP contribution in [0.4, 0.5) is 10.5 Å². The largest absolute Gasteiger partial charge is 0.337 e. The highest BCUT2D eigenvalue weighted by Crippen LogP contribution is 2.13. The van der Waals surface area contributed by atoms with E-state index in [9.17, 15) is 9.59 Å². The van der Waals surface area contributed by atoms with Crippen LogP contribution in [0.25, 0.3) is 0 Å². The van der Waals surface area contributed by atoms with Crippen LogP contribution in [0.15, 0.2) is 34.9 Å². The molecular formula is C13H14BrN5O2. The maximum atomic E-state index is 11.8. The van der Waals surface area contributed by atoms with Crippen molar-refractivity contribution in [3.05, 3.63) is 46.2 Å². The van der Waals surface area contributed by atoms with E-state index in [0.717, 1.165) is 5.56 Å². The van der Waals surface area contributed by atoms with E-state index in [1.807, 2.05) is 25.1 Å². The molecule has 7 nitrogen and oxygen atoms in total. The van der Waals surface area contributed by atoms with Gasteiger partial charge in [0.2, 0.25) is 0 Å². The molecule has 0 saturated carbocycles. The average Bonchev–Trinajstić information content (AvgIpc) is 2.75. The quantitative estimate of drug-likeness (QED) is 0.722. The third-order valence-electron chi connectivity index (χ3n) is 2.56. The van der Waals surface area contributed by atoms with Crippen molar-refractivity contribution in [3.63, 3.8) is 0 Å². The first-order chi connectivity index (χ1) is 9.95. The molecule has 1 heterocycles. The number of anilines is 1. The lowest BCUT2D eigenvalue weighted by molar-refractivity contribution is 0.0931. The van der Waals surface area contributed by atoms with E-state index in [1.54, 1.807) is 19.3 Å². The van der Waals surface area contributed by atoms with Gasteiger partial charge in [0, 0.05) is 18.9 Å². The Hall–Kier alpha value is -2.35. The van der Waals surface area contributed by atoms with Gasteiger partial charge in [-0.05, 0) is 40.5 Å². The lowest BCUT2D eigenvalue weighted by Crippen LogP contribution is -2.44. The van der Waals surface area contributed by atoms with Crippen LogP contribution in [-0.4, -0.2) is 21.7 Å². The first-order valence-electron chi connectivity index (χ1n) is 6.09. The van der Waals surface area contributed by atoms with Crippen LogP contribution in [0, 0.1) is 6.92 Å². The van der Waals surface area contributed by atoms with Gasteiger partial charge in [0.25, 0.3) is 5.91 Å². The van der Waals surface area contributed by atoms with Crippen molar-refractivity contribution < 1.29 is 9.59 Å². The molecule has 0 saturated heterocycles. The summed E-state index contributed by atoms with van der Waals surface area (Å²) < 4.78 is 2.04. The topological polar surface area (TPSA) is 88.1 Å². The Morgan fingerprint density at radius 3 is 2.67 bits per heavy atom. The molecular weight excluding hydrogens is 338 g/mol. The maximum Gasteiger partial charge on any atom is 0.337 e. The number of aryl methyl sites for hydroxylation is 2. The summed E-state index contributed by atoms with van der Waals surface area (Å²) in [6.45, 7) is 1.92. The highest BCUT2D eigenvalue weighted by atomic mass is 79.9. The van der Waals surface area contributed by atoms with E-state index in [0.29, 0.717) is 10.2 Å². The van der Waals surface area contributed by atoms with E-state index in [4.69, 9.17) is 0 Å². The lowest BCUT2D eigenvalue weighted by Gasteiger charge is -2.08. The molecule has 1 aromatic carbocycles. The fourth-order valence-corrected chi connectivity index (χ4v) is 2.23. The van der Waals surface area contributed by atoms with Crippen molar-refractivity contribution in [2.45, 2.75) is 6.92 Å². The van der Waals surface area contributed by atoms with Crippen molar-refractivity contribution in [1.82, 2.24) is 20.6 Å². The van der Waals surface area contributed by atoms with Crippen LogP contribution in [0.5, 0.6) is 0 Å². The van der Waals surface area contributed by atoms with Gasteiger partial charge in [-0.1, -0.05) is 12.1 Å². The Labute approximate surface area is 129 Å². The molecule has 110 valence electrons. The van der Waals surface area contributed by atoms with E-state index in [-0.39, 0.29) is 5.69 Å². The van der Waals surface area contributed by atoms with Gasteiger partial charge in [-0.25, -0.2) is 10.2 Å².